The topological polar surface area (TPSA) is 83.6 Å². The van der Waals surface area contributed by atoms with Crippen LogP contribution in [0.15, 0.2) is 30.3 Å². The highest BCUT2D eigenvalue weighted by atomic mass is 16.2. The second-order valence-electron chi connectivity index (χ2n) is 11.5. The number of ketones is 1. The molecule has 0 saturated carbocycles. The lowest BCUT2D eigenvalue weighted by atomic mass is 10.0. The number of unbranched alkanes of at least 4 members (excludes halogenated alkanes) is 10. The molecule has 0 aromatic heterocycles. The summed E-state index contributed by atoms with van der Waals surface area (Å²) in [5.74, 6) is -1.28. The van der Waals surface area contributed by atoms with Gasteiger partial charge >= 0.3 is 0 Å². The third-order valence-corrected chi connectivity index (χ3v) is 7.87. The summed E-state index contributed by atoms with van der Waals surface area (Å²) in [4.78, 5) is 52.5. The van der Waals surface area contributed by atoms with E-state index >= 15 is 0 Å². The Morgan fingerprint density at radius 3 is 1.95 bits per heavy atom. The van der Waals surface area contributed by atoms with Crippen molar-refractivity contribution < 1.29 is 23.7 Å². The molecule has 7 heteroatoms. The van der Waals surface area contributed by atoms with Crippen LogP contribution in [0.25, 0.3) is 0 Å². The number of nitrogens with zero attached hydrogens (tertiary/aromatic N) is 2. The molecular weight excluding hydrogens is 490 g/mol. The lowest BCUT2D eigenvalue weighted by molar-refractivity contribution is -0.902. The first kappa shape index (κ1) is 32.7. The zero-order valence-corrected chi connectivity index (χ0v) is 24.7. The number of quaternary nitrogens is 1. The molecule has 0 radical (unpaired) electrons. The van der Waals surface area contributed by atoms with Gasteiger partial charge in [0.05, 0.1) is 26.7 Å². The molecule has 1 aliphatic heterocycles. The van der Waals surface area contributed by atoms with Crippen molar-refractivity contribution in [2.45, 2.75) is 110 Å². The highest BCUT2D eigenvalue weighted by Crippen LogP contribution is 2.17. The summed E-state index contributed by atoms with van der Waals surface area (Å²) in [6.45, 7) is 6.37. The minimum Gasteiger partial charge on any atom is -0.339 e. The van der Waals surface area contributed by atoms with Crippen molar-refractivity contribution in [3.63, 3.8) is 0 Å². The average Bonchev–Trinajstić information content (AvgIpc) is 2.92. The predicted octanol–water partition coefficient (Wildman–Crippen LogP) is 5.67. The van der Waals surface area contributed by atoms with Crippen LogP contribution in [0.1, 0.15) is 114 Å². The summed E-state index contributed by atoms with van der Waals surface area (Å²) in [5.41, 5.74) is 0.460. The van der Waals surface area contributed by atoms with Crippen molar-refractivity contribution in [2.75, 3.05) is 33.2 Å². The van der Waals surface area contributed by atoms with Crippen LogP contribution in [-0.4, -0.2) is 72.2 Å². The maximum atomic E-state index is 13.2. The van der Waals surface area contributed by atoms with Gasteiger partial charge < -0.3 is 9.80 Å². The molecule has 3 amide bonds. The number of imide groups is 1. The maximum absolute atomic E-state index is 13.2. The molecule has 0 aliphatic carbocycles. The standard InChI is InChI=1S/C32H51N3O4/c1-4-6-8-10-12-17-23-35(3,24-18-13-11-9-7-5-2)26-30(37)33-28-21-22-31(38)34(32(28)39)25-29(36)27-19-15-14-16-20-27/h14-16,19-20,28H,4-13,17-18,21-26H2,1-3H3/p+1. The van der Waals surface area contributed by atoms with Gasteiger partial charge in [0.25, 0.3) is 11.8 Å². The first-order valence-electron chi connectivity index (χ1n) is 15.3. The summed E-state index contributed by atoms with van der Waals surface area (Å²) < 4.78 is 0.670. The van der Waals surface area contributed by atoms with Crippen LogP contribution >= 0.6 is 0 Å². The number of carbonyl (C=O) groups excluding carboxylic acids is 4. The van der Waals surface area contributed by atoms with E-state index in [0.29, 0.717) is 16.6 Å². The average molecular weight is 543 g/mol. The van der Waals surface area contributed by atoms with Gasteiger partial charge in [0.15, 0.2) is 12.3 Å². The van der Waals surface area contributed by atoms with Crippen LogP contribution in [0.5, 0.6) is 0 Å². The first-order chi connectivity index (χ1) is 18.8. The fourth-order valence-electron chi connectivity index (χ4n) is 5.40. The number of hydrogen-bond donors (Lipinski definition) is 1. The van der Waals surface area contributed by atoms with Crippen molar-refractivity contribution >= 4 is 23.5 Å². The second-order valence-corrected chi connectivity index (χ2v) is 11.5. The Hall–Kier alpha value is -2.54. The second kappa shape index (κ2) is 17.9. The fraction of sp³-hybridized carbons (Fsp3) is 0.688. The molecule has 7 nitrogen and oxygen atoms in total. The van der Waals surface area contributed by atoms with Crippen LogP contribution in [0.2, 0.25) is 0 Å². The highest BCUT2D eigenvalue weighted by Gasteiger charge is 2.37. The first-order valence-corrected chi connectivity index (χ1v) is 15.3. The lowest BCUT2D eigenvalue weighted by Crippen LogP contribution is -2.58. The molecule has 218 valence electrons. The zero-order valence-electron chi connectivity index (χ0n) is 24.7. The normalized spacial score (nSPS) is 16.0. The van der Waals surface area contributed by atoms with Crippen molar-refractivity contribution in [2.24, 2.45) is 0 Å². The third-order valence-electron chi connectivity index (χ3n) is 7.87. The Morgan fingerprint density at radius 1 is 0.846 bits per heavy atom. The van der Waals surface area contributed by atoms with Crippen molar-refractivity contribution in [3.8, 4) is 0 Å². The molecule has 1 aromatic carbocycles. The number of carbonyl (C=O) groups is 4. The summed E-state index contributed by atoms with van der Waals surface area (Å²) in [6.07, 6.45) is 15.0. The minimum atomic E-state index is -0.768. The Balaban J connectivity index is 1.94. The van der Waals surface area contributed by atoms with Crippen LogP contribution in [0, 0.1) is 0 Å². The monoisotopic (exact) mass is 542 g/mol. The van der Waals surface area contributed by atoms with Crippen LogP contribution in [0.4, 0.5) is 0 Å². The summed E-state index contributed by atoms with van der Waals surface area (Å²) >= 11 is 0. The molecule has 1 unspecified atom stereocenters. The highest BCUT2D eigenvalue weighted by molar-refractivity contribution is 6.07. The lowest BCUT2D eigenvalue weighted by Gasteiger charge is -2.35. The van der Waals surface area contributed by atoms with Gasteiger partial charge in [-0.05, 0) is 32.1 Å². The van der Waals surface area contributed by atoms with Crippen LogP contribution in [-0.2, 0) is 14.4 Å². The molecule has 0 bridgehead atoms. The Labute approximate surface area is 236 Å². The van der Waals surface area contributed by atoms with E-state index in [9.17, 15) is 19.2 Å². The van der Waals surface area contributed by atoms with Gasteiger partial charge in [-0.15, -0.1) is 0 Å². The quantitative estimate of drug-likeness (QED) is 0.0996. The van der Waals surface area contributed by atoms with E-state index in [0.717, 1.165) is 30.8 Å². The van der Waals surface area contributed by atoms with Gasteiger partial charge in [0, 0.05) is 12.0 Å². The number of rotatable bonds is 20. The summed E-state index contributed by atoms with van der Waals surface area (Å²) in [5, 5.41) is 2.92. The predicted molar refractivity (Wildman–Crippen MR) is 156 cm³/mol. The van der Waals surface area contributed by atoms with E-state index in [2.05, 4.69) is 26.2 Å². The number of piperidine rings is 1. The van der Waals surface area contributed by atoms with Crippen molar-refractivity contribution in [1.82, 2.24) is 10.2 Å². The van der Waals surface area contributed by atoms with Gasteiger partial charge in [0.2, 0.25) is 5.91 Å². The van der Waals surface area contributed by atoms with E-state index in [1.165, 1.54) is 64.2 Å². The van der Waals surface area contributed by atoms with Gasteiger partial charge in [-0.1, -0.05) is 95.5 Å². The van der Waals surface area contributed by atoms with Crippen LogP contribution < -0.4 is 5.32 Å². The fourth-order valence-corrected chi connectivity index (χ4v) is 5.40. The smallest absolute Gasteiger partial charge is 0.275 e. The van der Waals surface area contributed by atoms with E-state index in [4.69, 9.17) is 0 Å². The number of likely N-dealkylation sites (N-methyl/N-ethyl adjacent to an activating group) is 1. The van der Waals surface area contributed by atoms with E-state index in [1.807, 2.05) is 6.07 Å². The largest absolute Gasteiger partial charge is 0.339 e. The van der Waals surface area contributed by atoms with Gasteiger partial charge in [0.1, 0.15) is 6.04 Å². The maximum Gasteiger partial charge on any atom is 0.275 e. The number of nitrogens with one attached hydrogen (secondary N) is 1. The summed E-state index contributed by atoms with van der Waals surface area (Å²) in [7, 11) is 2.16. The molecule has 2 rings (SSSR count). The molecule has 1 N–H and O–H groups in total. The number of likely N-dealkylation sites (tertiary alicyclic amines) is 1. The van der Waals surface area contributed by atoms with Crippen molar-refractivity contribution in [3.05, 3.63) is 35.9 Å². The molecule has 1 atom stereocenters. The van der Waals surface area contributed by atoms with Gasteiger partial charge in [-0.25, -0.2) is 0 Å². The number of benzene rings is 1. The molecule has 1 fully saturated rings. The SMILES string of the molecule is CCCCCCCC[N+](C)(CCCCCCCC)CC(=O)NC1CCC(=O)N(CC(=O)c2ccccc2)C1=O. The molecule has 1 aliphatic rings. The van der Waals surface area contributed by atoms with E-state index in [1.54, 1.807) is 24.3 Å². The van der Waals surface area contributed by atoms with Gasteiger partial charge in [-0.2, -0.15) is 0 Å². The van der Waals surface area contributed by atoms with Gasteiger partial charge in [-0.3, -0.25) is 24.1 Å². The molecule has 1 saturated heterocycles. The number of amides is 3. The Morgan fingerprint density at radius 2 is 1.38 bits per heavy atom. The van der Waals surface area contributed by atoms with Crippen molar-refractivity contribution in [1.29, 1.82) is 0 Å². The molecular formula is C32H52N3O4+. The molecule has 1 aromatic rings. The Bertz CT molecular complexity index is 886. The molecule has 39 heavy (non-hydrogen) atoms. The van der Waals surface area contributed by atoms with E-state index in [-0.39, 0.29) is 37.0 Å². The minimum absolute atomic E-state index is 0.139. The molecule has 0 spiro atoms. The Kier molecular flexibility index (Phi) is 15.0. The summed E-state index contributed by atoms with van der Waals surface area (Å²) in [6, 6.07) is 7.89. The number of Topliss-reactive ketones (excluding diaryl/α,β-unsaturated/α-hetero) is 1. The third kappa shape index (κ3) is 12.0. The molecule has 1 heterocycles. The zero-order chi connectivity index (χ0) is 28.5. The number of hydrogen-bond acceptors (Lipinski definition) is 4. The van der Waals surface area contributed by atoms with Crippen LogP contribution in [0.3, 0.4) is 0 Å². The van der Waals surface area contributed by atoms with E-state index < -0.39 is 11.9 Å².